The first-order valence-corrected chi connectivity index (χ1v) is 9.78. The van der Waals surface area contributed by atoms with Gasteiger partial charge < -0.3 is 11.1 Å². The zero-order valence-electron chi connectivity index (χ0n) is 14.5. The average molecular weight is 396 g/mol. The second kappa shape index (κ2) is 8.00. The molecular formula is C20H18ClN5S. The molecule has 0 aliphatic heterocycles. The van der Waals surface area contributed by atoms with Crippen LogP contribution in [-0.2, 0) is 6.42 Å². The van der Waals surface area contributed by atoms with Gasteiger partial charge in [0.1, 0.15) is 5.01 Å². The molecule has 0 unspecified atom stereocenters. The number of hydrogen-bond acceptors (Lipinski definition) is 6. The lowest BCUT2D eigenvalue weighted by molar-refractivity contribution is 0.698. The van der Waals surface area contributed by atoms with Gasteiger partial charge in [0.15, 0.2) is 0 Å². The number of nitrogens with two attached hydrogens (primary N) is 1. The summed E-state index contributed by atoms with van der Waals surface area (Å²) in [5.41, 5.74) is 8.44. The Hall–Kier alpha value is -2.54. The van der Waals surface area contributed by atoms with Gasteiger partial charge in [-0.3, -0.25) is 4.98 Å². The summed E-state index contributed by atoms with van der Waals surface area (Å²) in [5, 5.41) is 16.4. The Bertz CT molecular complexity index is 1050. The zero-order valence-corrected chi connectivity index (χ0v) is 16.0. The van der Waals surface area contributed by atoms with Gasteiger partial charge in [-0.15, -0.1) is 10.2 Å². The van der Waals surface area contributed by atoms with Gasteiger partial charge in [-0.2, -0.15) is 0 Å². The van der Waals surface area contributed by atoms with Gasteiger partial charge in [-0.1, -0.05) is 47.2 Å². The summed E-state index contributed by atoms with van der Waals surface area (Å²) >= 11 is 7.44. The molecule has 136 valence electrons. The number of pyridine rings is 1. The van der Waals surface area contributed by atoms with E-state index in [-0.39, 0.29) is 6.04 Å². The zero-order chi connectivity index (χ0) is 18.6. The van der Waals surface area contributed by atoms with Crippen LogP contribution in [0.4, 0.5) is 5.13 Å². The summed E-state index contributed by atoms with van der Waals surface area (Å²) in [7, 11) is 0. The van der Waals surface area contributed by atoms with E-state index in [1.165, 1.54) is 11.3 Å². The van der Waals surface area contributed by atoms with E-state index in [0.717, 1.165) is 43.5 Å². The van der Waals surface area contributed by atoms with Crippen molar-refractivity contribution < 1.29 is 0 Å². The van der Waals surface area contributed by atoms with Crippen molar-refractivity contribution in [2.45, 2.75) is 12.5 Å². The number of hydrogen-bond donors (Lipinski definition) is 2. The molecule has 1 atom stereocenters. The summed E-state index contributed by atoms with van der Waals surface area (Å²) in [5.74, 6) is 0. The van der Waals surface area contributed by atoms with Gasteiger partial charge in [0.05, 0.1) is 0 Å². The third-order valence-corrected chi connectivity index (χ3v) is 5.42. The van der Waals surface area contributed by atoms with Gasteiger partial charge >= 0.3 is 0 Å². The molecule has 0 aliphatic carbocycles. The predicted octanol–water partition coefficient (Wildman–Crippen LogP) is 4.39. The molecular weight excluding hydrogens is 378 g/mol. The van der Waals surface area contributed by atoms with Gasteiger partial charge in [0, 0.05) is 41.0 Å². The fraction of sp³-hybridized carbons (Fsp3) is 0.150. The number of benzene rings is 2. The Balaban J connectivity index is 1.39. The molecule has 4 rings (SSSR count). The van der Waals surface area contributed by atoms with Gasteiger partial charge in [-0.25, -0.2) is 0 Å². The van der Waals surface area contributed by atoms with Crippen molar-refractivity contribution in [3.63, 3.8) is 0 Å². The molecule has 27 heavy (non-hydrogen) atoms. The third kappa shape index (κ3) is 4.42. The molecule has 0 saturated heterocycles. The van der Waals surface area contributed by atoms with E-state index in [2.05, 4.69) is 26.6 Å². The Kier molecular flexibility index (Phi) is 5.29. The minimum Gasteiger partial charge on any atom is -0.359 e. The lowest BCUT2D eigenvalue weighted by atomic mass is 10.1. The Morgan fingerprint density at radius 3 is 2.74 bits per heavy atom. The topological polar surface area (TPSA) is 76.7 Å². The minimum atomic E-state index is -0.0216. The normalized spacial score (nSPS) is 12.2. The van der Waals surface area contributed by atoms with Crippen molar-refractivity contribution in [3.05, 3.63) is 71.5 Å². The second-order valence-corrected chi connectivity index (χ2v) is 7.74. The average Bonchev–Trinajstić information content (AvgIpc) is 3.17. The molecule has 4 aromatic rings. The van der Waals surface area contributed by atoms with E-state index in [9.17, 15) is 0 Å². The van der Waals surface area contributed by atoms with Crippen LogP contribution in [0.25, 0.3) is 21.3 Å². The summed E-state index contributed by atoms with van der Waals surface area (Å²) in [6.07, 6.45) is 4.42. The molecule has 2 heterocycles. The molecule has 0 saturated carbocycles. The largest absolute Gasteiger partial charge is 0.359 e. The minimum absolute atomic E-state index is 0.0216. The molecule has 0 spiro atoms. The smallest absolute Gasteiger partial charge is 0.206 e. The van der Waals surface area contributed by atoms with E-state index in [0.29, 0.717) is 6.54 Å². The van der Waals surface area contributed by atoms with Crippen molar-refractivity contribution >= 4 is 38.8 Å². The monoisotopic (exact) mass is 395 g/mol. The van der Waals surface area contributed by atoms with E-state index in [1.54, 1.807) is 6.20 Å². The molecule has 7 heteroatoms. The summed E-state index contributed by atoms with van der Waals surface area (Å²) in [4.78, 5) is 4.14. The standard InChI is InChI=1S/C20H18ClN5S/c21-17-5-1-13(2-6-17)9-18(22)12-24-20-26-25-19(27-20)15-3-4-16-11-23-8-7-14(16)10-15/h1-8,10-11,18H,9,12,22H2,(H,24,26)/t18-/m1/s1. The maximum atomic E-state index is 6.23. The quantitative estimate of drug-likeness (QED) is 0.506. The van der Waals surface area contributed by atoms with Crippen molar-refractivity contribution in [3.8, 4) is 10.6 Å². The first kappa shape index (κ1) is 17.9. The number of fused-ring (bicyclic) bond motifs is 1. The molecule has 0 radical (unpaired) electrons. The van der Waals surface area contributed by atoms with Crippen LogP contribution < -0.4 is 11.1 Å². The number of anilines is 1. The SMILES string of the molecule is N[C@@H](CNc1nnc(-c2ccc3cnccc3c2)s1)Cc1ccc(Cl)cc1. The van der Waals surface area contributed by atoms with Crippen molar-refractivity contribution in [1.82, 2.24) is 15.2 Å². The molecule has 2 aromatic carbocycles. The van der Waals surface area contributed by atoms with Crippen LogP contribution in [0.2, 0.25) is 5.02 Å². The lowest BCUT2D eigenvalue weighted by Gasteiger charge is -2.12. The van der Waals surface area contributed by atoms with Crippen molar-refractivity contribution in [1.29, 1.82) is 0 Å². The molecule has 5 nitrogen and oxygen atoms in total. The summed E-state index contributed by atoms with van der Waals surface area (Å²) in [6.45, 7) is 0.626. The van der Waals surface area contributed by atoms with E-state index >= 15 is 0 Å². The Morgan fingerprint density at radius 2 is 1.89 bits per heavy atom. The van der Waals surface area contributed by atoms with Crippen LogP contribution in [0.5, 0.6) is 0 Å². The molecule has 0 fully saturated rings. The van der Waals surface area contributed by atoms with Crippen LogP contribution >= 0.6 is 22.9 Å². The second-order valence-electron chi connectivity index (χ2n) is 6.32. The van der Waals surface area contributed by atoms with Gasteiger partial charge in [0.2, 0.25) is 5.13 Å². The highest BCUT2D eigenvalue weighted by atomic mass is 35.5. The lowest BCUT2D eigenvalue weighted by Crippen LogP contribution is -2.31. The number of halogens is 1. The molecule has 0 amide bonds. The van der Waals surface area contributed by atoms with Gasteiger partial charge in [0.25, 0.3) is 0 Å². The van der Waals surface area contributed by atoms with E-state index < -0.39 is 0 Å². The highest BCUT2D eigenvalue weighted by Gasteiger charge is 2.09. The van der Waals surface area contributed by atoms with E-state index in [4.69, 9.17) is 17.3 Å². The van der Waals surface area contributed by atoms with Crippen LogP contribution in [0, 0.1) is 0 Å². The maximum Gasteiger partial charge on any atom is 0.206 e. The third-order valence-electron chi connectivity index (χ3n) is 4.24. The van der Waals surface area contributed by atoms with Crippen LogP contribution in [0.15, 0.2) is 60.9 Å². The fourth-order valence-corrected chi connectivity index (χ4v) is 3.71. The maximum absolute atomic E-state index is 6.23. The fourth-order valence-electron chi connectivity index (χ4n) is 2.84. The highest BCUT2D eigenvalue weighted by Crippen LogP contribution is 2.28. The van der Waals surface area contributed by atoms with Crippen LogP contribution in [0.1, 0.15) is 5.56 Å². The van der Waals surface area contributed by atoms with Crippen LogP contribution in [-0.4, -0.2) is 27.8 Å². The van der Waals surface area contributed by atoms with Crippen molar-refractivity contribution in [2.24, 2.45) is 5.73 Å². The molecule has 0 aliphatic rings. The molecule has 0 bridgehead atoms. The summed E-state index contributed by atoms with van der Waals surface area (Å²) in [6, 6.07) is 15.9. The summed E-state index contributed by atoms with van der Waals surface area (Å²) < 4.78 is 0. The number of nitrogens with zero attached hydrogens (tertiary/aromatic N) is 3. The van der Waals surface area contributed by atoms with E-state index in [1.807, 2.05) is 48.7 Å². The molecule has 3 N–H and O–H groups in total. The predicted molar refractivity (Wildman–Crippen MR) is 112 cm³/mol. The first-order valence-electron chi connectivity index (χ1n) is 8.59. The van der Waals surface area contributed by atoms with Gasteiger partial charge in [-0.05, 0) is 41.6 Å². The Labute approximate surface area is 166 Å². The Morgan fingerprint density at radius 1 is 1.04 bits per heavy atom. The number of rotatable bonds is 6. The van der Waals surface area contributed by atoms with Crippen LogP contribution in [0.3, 0.4) is 0 Å². The van der Waals surface area contributed by atoms with Crippen molar-refractivity contribution in [2.75, 3.05) is 11.9 Å². The molecule has 2 aromatic heterocycles. The highest BCUT2D eigenvalue weighted by molar-refractivity contribution is 7.18. The first-order chi connectivity index (χ1) is 13.2. The number of aromatic nitrogens is 3. The number of nitrogens with one attached hydrogen (secondary N) is 1.